The number of benzene rings is 1. The number of carbonyl (C=O) groups is 1. The lowest BCUT2D eigenvalue weighted by atomic mass is 9.91. The second-order valence-electron chi connectivity index (χ2n) is 6.68. The second-order valence-corrected chi connectivity index (χ2v) is 7.11. The van der Waals surface area contributed by atoms with Gasteiger partial charge in [0.25, 0.3) is 5.91 Å². The van der Waals surface area contributed by atoms with Gasteiger partial charge in [-0.05, 0) is 35.8 Å². The van der Waals surface area contributed by atoms with E-state index in [0.717, 1.165) is 17.5 Å². The van der Waals surface area contributed by atoms with Crippen LogP contribution in [-0.4, -0.2) is 52.6 Å². The number of amides is 1. The Morgan fingerprint density at radius 1 is 1.32 bits per heavy atom. The molecule has 0 saturated heterocycles. The first-order valence-corrected chi connectivity index (χ1v) is 9.16. The predicted molar refractivity (Wildman–Crippen MR) is 101 cm³/mol. The zero-order chi connectivity index (χ0) is 19.3. The quantitative estimate of drug-likeness (QED) is 0.559. The minimum Gasteiger partial charge on any atom is -0.330 e. The highest BCUT2D eigenvalue weighted by atomic mass is 35.5. The number of halogens is 1. The maximum absolute atomic E-state index is 13.1. The molecule has 1 N–H and O–H groups in total. The van der Waals surface area contributed by atoms with Gasteiger partial charge in [-0.3, -0.25) is 4.79 Å². The minimum atomic E-state index is -0.123. The molecular formula is C18H15ClN8O. The monoisotopic (exact) mass is 394 g/mol. The van der Waals surface area contributed by atoms with E-state index in [9.17, 15) is 4.79 Å². The maximum atomic E-state index is 13.1. The van der Waals surface area contributed by atoms with Gasteiger partial charge in [0.15, 0.2) is 11.3 Å². The number of nitrogens with one attached hydrogen (secondary N) is 1. The number of fused-ring (bicyclic) bond motifs is 2. The van der Waals surface area contributed by atoms with Gasteiger partial charge in [0.2, 0.25) is 5.82 Å². The Bertz CT molecular complexity index is 1190. The van der Waals surface area contributed by atoms with Crippen LogP contribution in [0.1, 0.15) is 34.6 Å². The lowest BCUT2D eigenvalue weighted by Crippen LogP contribution is -2.39. The topological polar surface area (TPSA) is 105 Å². The van der Waals surface area contributed by atoms with Crippen LogP contribution >= 0.6 is 11.6 Å². The van der Waals surface area contributed by atoms with Crippen molar-refractivity contribution in [2.45, 2.75) is 19.4 Å². The molecule has 1 aliphatic rings. The molecule has 4 heterocycles. The predicted octanol–water partition coefficient (Wildman–Crippen LogP) is 2.32. The summed E-state index contributed by atoms with van der Waals surface area (Å²) in [5, 5.41) is 18.9. The summed E-state index contributed by atoms with van der Waals surface area (Å²) in [5.41, 5.74) is 4.14. The van der Waals surface area contributed by atoms with Crippen molar-refractivity contribution < 1.29 is 4.79 Å². The first kappa shape index (κ1) is 16.8. The third kappa shape index (κ3) is 2.71. The first-order chi connectivity index (χ1) is 13.6. The average Bonchev–Trinajstić information content (AvgIpc) is 3.37. The van der Waals surface area contributed by atoms with Crippen LogP contribution in [0.5, 0.6) is 0 Å². The summed E-state index contributed by atoms with van der Waals surface area (Å²) in [6.45, 7) is 2.62. The van der Waals surface area contributed by atoms with E-state index in [0.29, 0.717) is 28.7 Å². The normalized spacial score (nSPS) is 16.4. The Kier molecular flexibility index (Phi) is 3.83. The fourth-order valence-electron chi connectivity index (χ4n) is 3.64. The van der Waals surface area contributed by atoms with E-state index in [-0.39, 0.29) is 11.9 Å². The molecule has 0 saturated carbocycles. The summed E-state index contributed by atoms with van der Waals surface area (Å²) < 4.78 is 1.52. The maximum Gasteiger partial charge on any atom is 0.274 e. The Morgan fingerprint density at radius 2 is 2.21 bits per heavy atom. The lowest BCUT2D eigenvalue weighted by molar-refractivity contribution is 0.0671. The highest BCUT2D eigenvalue weighted by Crippen LogP contribution is 2.32. The molecule has 3 aromatic heterocycles. The van der Waals surface area contributed by atoms with Crippen molar-refractivity contribution in [3.8, 4) is 11.4 Å². The molecule has 28 heavy (non-hydrogen) atoms. The molecule has 1 unspecified atom stereocenters. The van der Waals surface area contributed by atoms with Crippen LogP contribution in [0, 0.1) is 0 Å². The zero-order valence-electron chi connectivity index (χ0n) is 14.9. The van der Waals surface area contributed by atoms with Crippen LogP contribution in [0.3, 0.4) is 0 Å². The van der Waals surface area contributed by atoms with Crippen LogP contribution in [0.2, 0.25) is 5.02 Å². The fraction of sp³-hybridized carbons (Fsp3) is 0.222. The third-order valence-corrected chi connectivity index (χ3v) is 5.24. The van der Waals surface area contributed by atoms with E-state index < -0.39 is 0 Å². The summed E-state index contributed by atoms with van der Waals surface area (Å²) >= 11 is 5.95. The molecule has 10 heteroatoms. The number of H-pyrrole nitrogens is 1. The number of tetrazole rings is 1. The van der Waals surface area contributed by atoms with Crippen LogP contribution in [0.4, 0.5) is 0 Å². The van der Waals surface area contributed by atoms with Crippen molar-refractivity contribution in [3.05, 3.63) is 58.5 Å². The second kappa shape index (κ2) is 6.38. The van der Waals surface area contributed by atoms with E-state index in [2.05, 4.69) is 36.8 Å². The number of aromatic amines is 1. The lowest BCUT2D eigenvalue weighted by Gasteiger charge is -2.35. The van der Waals surface area contributed by atoms with Gasteiger partial charge in [-0.15, -0.1) is 10.2 Å². The highest BCUT2D eigenvalue weighted by Gasteiger charge is 2.30. The van der Waals surface area contributed by atoms with Gasteiger partial charge < -0.3 is 4.90 Å². The van der Waals surface area contributed by atoms with E-state index in [1.807, 2.05) is 24.0 Å². The molecule has 1 aromatic carbocycles. The van der Waals surface area contributed by atoms with Gasteiger partial charge in [-0.2, -0.15) is 10.3 Å². The molecule has 140 valence electrons. The zero-order valence-corrected chi connectivity index (χ0v) is 15.6. The highest BCUT2D eigenvalue weighted by molar-refractivity contribution is 6.30. The summed E-state index contributed by atoms with van der Waals surface area (Å²) in [5.74, 6) is 0.437. The number of aromatic nitrogens is 7. The number of carbonyl (C=O) groups excluding carboxylic acids is 1. The molecule has 0 aliphatic carbocycles. The van der Waals surface area contributed by atoms with Gasteiger partial charge >= 0.3 is 0 Å². The number of rotatable bonds is 2. The van der Waals surface area contributed by atoms with Crippen molar-refractivity contribution in [1.82, 2.24) is 40.1 Å². The van der Waals surface area contributed by atoms with E-state index in [1.165, 1.54) is 16.3 Å². The molecule has 5 rings (SSSR count). The molecule has 0 radical (unpaired) electrons. The summed E-state index contributed by atoms with van der Waals surface area (Å²) in [6, 6.07) is 7.65. The van der Waals surface area contributed by atoms with Crippen molar-refractivity contribution in [3.63, 3.8) is 0 Å². The van der Waals surface area contributed by atoms with Crippen LogP contribution in [0.15, 0.2) is 36.7 Å². The SMILES string of the molecule is CC1c2ccc(-c3nn[nH]n3)cc2CCN1C(=O)c1cc2ncc(Cl)cn2n1. The fourth-order valence-corrected chi connectivity index (χ4v) is 3.78. The Labute approximate surface area is 164 Å². The number of hydrogen-bond acceptors (Lipinski definition) is 6. The summed E-state index contributed by atoms with van der Waals surface area (Å²) in [6.07, 6.45) is 3.91. The van der Waals surface area contributed by atoms with E-state index >= 15 is 0 Å². The van der Waals surface area contributed by atoms with Crippen molar-refractivity contribution >= 4 is 23.2 Å². The molecule has 1 amide bonds. The standard InChI is InChI=1S/C18H15ClN8O/c1-10-14-3-2-12(17-21-24-25-22-17)6-11(14)4-5-26(10)18(28)15-7-16-20-8-13(19)9-27(16)23-15/h2-3,6-10H,4-5H2,1H3,(H,21,22,24,25). The van der Waals surface area contributed by atoms with Gasteiger partial charge in [0.05, 0.1) is 17.3 Å². The smallest absolute Gasteiger partial charge is 0.274 e. The molecule has 0 bridgehead atoms. The van der Waals surface area contributed by atoms with Gasteiger partial charge in [0.1, 0.15) is 0 Å². The summed E-state index contributed by atoms with van der Waals surface area (Å²) in [4.78, 5) is 19.1. The van der Waals surface area contributed by atoms with Crippen LogP contribution in [-0.2, 0) is 6.42 Å². The molecule has 4 aromatic rings. The van der Waals surface area contributed by atoms with Crippen molar-refractivity contribution in [1.29, 1.82) is 0 Å². The Hall–Kier alpha value is -3.33. The number of nitrogens with zero attached hydrogens (tertiary/aromatic N) is 7. The third-order valence-electron chi connectivity index (χ3n) is 5.05. The van der Waals surface area contributed by atoms with Crippen LogP contribution < -0.4 is 0 Å². The van der Waals surface area contributed by atoms with Gasteiger partial charge in [-0.1, -0.05) is 23.7 Å². The van der Waals surface area contributed by atoms with Crippen molar-refractivity contribution in [2.75, 3.05) is 6.54 Å². The molecular weight excluding hydrogens is 380 g/mol. The average molecular weight is 395 g/mol. The van der Waals surface area contributed by atoms with Crippen molar-refractivity contribution in [2.24, 2.45) is 0 Å². The first-order valence-electron chi connectivity index (χ1n) is 8.79. The Morgan fingerprint density at radius 3 is 3.04 bits per heavy atom. The molecule has 1 aliphatic heterocycles. The molecule has 0 fully saturated rings. The molecule has 9 nitrogen and oxygen atoms in total. The van der Waals surface area contributed by atoms with E-state index in [4.69, 9.17) is 11.6 Å². The van der Waals surface area contributed by atoms with Gasteiger partial charge in [-0.25, -0.2) is 9.50 Å². The number of hydrogen-bond donors (Lipinski definition) is 1. The van der Waals surface area contributed by atoms with Crippen LogP contribution in [0.25, 0.3) is 17.0 Å². The minimum absolute atomic E-state index is 0.0723. The summed E-state index contributed by atoms with van der Waals surface area (Å²) in [7, 11) is 0. The van der Waals surface area contributed by atoms with Gasteiger partial charge in [0, 0.05) is 24.4 Å². The largest absolute Gasteiger partial charge is 0.330 e. The molecule has 0 spiro atoms. The molecule has 1 atom stereocenters. The Balaban J connectivity index is 1.45. The van der Waals surface area contributed by atoms with E-state index in [1.54, 1.807) is 12.3 Å².